The van der Waals surface area contributed by atoms with Gasteiger partial charge in [0, 0.05) is 23.9 Å². The molecule has 5 nitrogen and oxygen atoms in total. The summed E-state index contributed by atoms with van der Waals surface area (Å²) < 4.78 is 23.1. The summed E-state index contributed by atoms with van der Waals surface area (Å²) in [5.74, 6) is -0.456. The van der Waals surface area contributed by atoms with Gasteiger partial charge in [0.2, 0.25) is 0 Å². The summed E-state index contributed by atoms with van der Waals surface area (Å²) in [7, 11) is 0. The number of epoxide rings is 1. The lowest BCUT2D eigenvalue weighted by molar-refractivity contribution is -0.217. The normalized spacial score (nSPS) is 37.2. The minimum absolute atomic E-state index is 0.0132. The molecule has 0 saturated carbocycles. The Morgan fingerprint density at radius 1 is 1.00 bits per heavy atom. The average molecular weight is 285 g/mol. The number of hydrogen-bond acceptors (Lipinski definition) is 5. The molecule has 3 aliphatic rings. The molecular weight excluding hydrogens is 258 g/mol. The molecule has 3 heterocycles. The van der Waals surface area contributed by atoms with E-state index in [9.17, 15) is 0 Å². The molecule has 3 fully saturated rings. The van der Waals surface area contributed by atoms with Crippen LogP contribution in [0.5, 0.6) is 0 Å². The smallest absolute Gasteiger partial charge is 0.172 e. The van der Waals surface area contributed by atoms with E-state index in [0.717, 1.165) is 19.4 Å². The monoisotopic (exact) mass is 285 g/mol. The molecule has 0 aromatic rings. The van der Waals surface area contributed by atoms with E-state index >= 15 is 0 Å². The summed E-state index contributed by atoms with van der Waals surface area (Å²) in [6.07, 6.45) is 2.08. The van der Waals surface area contributed by atoms with Gasteiger partial charge < -0.3 is 24.3 Å². The van der Waals surface area contributed by atoms with Crippen molar-refractivity contribution in [2.75, 3.05) is 26.4 Å². The van der Waals surface area contributed by atoms with Gasteiger partial charge in [0.1, 0.15) is 12.2 Å². The summed E-state index contributed by atoms with van der Waals surface area (Å²) in [5, 5.41) is 3.66. The van der Waals surface area contributed by atoms with E-state index in [2.05, 4.69) is 33.0 Å². The Bertz CT molecular complexity index is 349. The maximum atomic E-state index is 6.24. The second-order valence-corrected chi connectivity index (χ2v) is 7.70. The topological polar surface area (TPSA) is 52.2 Å². The van der Waals surface area contributed by atoms with Crippen LogP contribution in [-0.2, 0) is 18.9 Å². The third-order valence-corrected chi connectivity index (χ3v) is 4.02. The lowest BCUT2D eigenvalue weighted by Crippen LogP contribution is -2.63. The Morgan fingerprint density at radius 3 is 2.20 bits per heavy atom. The van der Waals surface area contributed by atoms with Gasteiger partial charge in [0.15, 0.2) is 5.79 Å². The van der Waals surface area contributed by atoms with Gasteiger partial charge in [-0.3, -0.25) is 0 Å². The molecule has 5 heteroatoms. The van der Waals surface area contributed by atoms with Gasteiger partial charge in [-0.2, -0.15) is 0 Å². The third-order valence-electron chi connectivity index (χ3n) is 4.02. The van der Waals surface area contributed by atoms with Gasteiger partial charge in [0.05, 0.1) is 26.4 Å². The quantitative estimate of drug-likeness (QED) is 0.792. The minimum atomic E-state index is -0.456. The maximum Gasteiger partial charge on any atom is 0.172 e. The Hall–Kier alpha value is -0.200. The van der Waals surface area contributed by atoms with Crippen LogP contribution in [-0.4, -0.2) is 55.5 Å². The van der Waals surface area contributed by atoms with E-state index in [1.807, 2.05) is 0 Å². The predicted octanol–water partition coefficient (Wildman–Crippen LogP) is 1.45. The molecule has 0 radical (unpaired) electrons. The first-order valence-corrected chi connectivity index (χ1v) is 7.58. The largest absolute Gasteiger partial charge is 0.376 e. The van der Waals surface area contributed by atoms with Crippen molar-refractivity contribution < 1.29 is 18.9 Å². The van der Waals surface area contributed by atoms with Crippen LogP contribution in [0.15, 0.2) is 0 Å². The van der Waals surface area contributed by atoms with E-state index in [4.69, 9.17) is 18.9 Å². The fourth-order valence-electron chi connectivity index (χ4n) is 3.79. The van der Waals surface area contributed by atoms with Crippen molar-refractivity contribution in [1.82, 2.24) is 5.32 Å². The van der Waals surface area contributed by atoms with Crippen LogP contribution in [0.3, 0.4) is 0 Å². The molecule has 3 saturated heterocycles. The molecule has 0 aromatic heterocycles. The zero-order chi connectivity index (χ0) is 14.4. The zero-order valence-corrected chi connectivity index (χ0v) is 13.0. The molecule has 1 spiro atoms. The van der Waals surface area contributed by atoms with Crippen molar-refractivity contribution in [3.63, 3.8) is 0 Å². The highest BCUT2D eigenvalue weighted by atomic mass is 16.8. The first-order valence-electron chi connectivity index (χ1n) is 7.58. The first kappa shape index (κ1) is 14.7. The Labute approximate surface area is 121 Å². The summed E-state index contributed by atoms with van der Waals surface area (Å²) >= 11 is 0. The average Bonchev–Trinajstić information content (AvgIpc) is 2.99. The van der Waals surface area contributed by atoms with Crippen LogP contribution >= 0.6 is 0 Å². The Kier molecular flexibility index (Phi) is 3.62. The fourth-order valence-corrected chi connectivity index (χ4v) is 3.79. The van der Waals surface area contributed by atoms with Crippen LogP contribution in [0.1, 0.15) is 40.5 Å². The SMILES string of the molecule is CC1(C)CC2(CC(C)(C)N1)OCC(COCC1CO1)O2. The molecule has 3 rings (SSSR count). The van der Waals surface area contributed by atoms with E-state index in [-0.39, 0.29) is 17.2 Å². The number of ether oxygens (including phenoxy) is 4. The Morgan fingerprint density at radius 2 is 1.60 bits per heavy atom. The highest BCUT2D eigenvalue weighted by Gasteiger charge is 2.52. The lowest BCUT2D eigenvalue weighted by atomic mass is 9.79. The molecule has 2 atom stereocenters. The summed E-state index contributed by atoms with van der Waals surface area (Å²) in [5.41, 5.74) is 0.0265. The van der Waals surface area contributed by atoms with Gasteiger partial charge in [-0.05, 0) is 27.7 Å². The number of rotatable bonds is 4. The third kappa shape index (κ3) is 3.52. The second kappa shape index (κ2) is 4.92. The number of nitrogens with one attached hydrogen (secondary N) is 1. The van der Waals surface area contributed by atoms with E-state index < -0.39 is 5.79 Å². The minimum Gasteiger partial charge on any atom is -0.376 e. The summed E-state index contributed by atoms with van der Waals surface area (Å²) in [6.45, 7) is 11.5. The summed E-state index contributed by atoms with van der Waals surface area (Å²) in [4.78, 5) is 0. The van der Waals surface area contributed by atoms with Crippen LogP contribution in [0.4, 0.5) is 0 Å². The molecule has 2 unspecified atom stereocenters. The van der Waals surface area contributed by atoms with Crippen molar-refractivity contribution in [3.8, 4) is 0 Å². The highest BCUT2D eigenvalue weighted by molar-refractivity contribution is 5.03. The molecule has 1 N–H and O–H groups in total. The van der Waals surface area contributed by atoms with Crippen LogP contribution in [0, 0.1) is 0 Å². The molecule has 0 aromatic carbocycles. The first-order chi connectivity index (χ1) is 9.28. The van der Waals surface area contributed by atoms with E-state index in [0.29, 0.717) is 25.9 Å². The Balaban J connectivity index is 1.56. The van der Waals surface area contributed by atoms with Crippen molar-refractivity contribution in [3.05, 3.63) is 0 Å². The standard InChI is InChI=1S/C15H27NO4/c1-13(2)9-15(10-14(3,4)16-13)19-8-12(20-15)6-17-5-11-7-18-11/h11-12,16H,5-10H2,1-4H3. The van der Waals surface area contributed by atoms with Gasteiger partial charge in [-0.1, -0.05) is 0 Å². The summed E-state index contributed by atoms with van der Waals surface area (Å²) in [6, 6.07) is 0. The van der Waals surface area contributed by atoms with Crippen LogP contribution in [0.2, 0.25) is 0 Å². The van der Waals surface area contributed by atoms with Crippen molar-refractivity contribution >= 4 is 0 Å². The number of piperidine rings is 1. The van der Waals surface area contributed by atoms with Crippen LogP contribution < -0.4 is 5.32 Å². The van der Waals surface area contributed by atoms with E-state index in [1.165, 1.54) is 0 Å². The van der Waals surface area contributed by atoms with Gasteiger partial charge in [-0.15, -0.1) is 0 Å². The fraction of sp³-hybridized carbons (Fsp3) is 1.00. The molecule has 0 aliphatic carbocycles. The molecule has 0 bridgehead atoms. The number of hydrogen-bond donors (Lipinski definition) is 1. The van der Waals surface area contributed by atoms with Gasteiger partial charge >= 0.3 is 0 Å². The molecular formula is C15H27NO4. The second-order valence-electron chi connectivity index (χ2n) is 7.70. The zero-order valence-electron chi connectivity index (χ0n) is 13.0. The highest BCUT2D eigenvalue weighted by Crippen LogP contribution is 2.42. The molecule has 20 heavy (non-hydrogen) atoms. The van der Waals surface area contributed by atoms with Gasteiger partial charge in [0.25, 0.3) is 0 Å². The van der Waals surface area contributed by atoms with Gasteiger partial charge in [-0.25, -0.2) is 0 Å². The molecule has 3 aliphatic heterocycles. The van der Waals surface area contributed by atoms with E-state index in [1.54, 1.807) is 0 Å². The van der Waals surface area contributed by atoms with Crippen molar-refractivity contribution in [1.29, 1.82) is 0 Å². The molecule has 116 valence electrons. The lowest BCUT2D eigenvalue weighted by Gasteiger charge is -2.50. The van der Waals surface area contributed by atoms with Crippen molar-refractivity contribution in [2.45, 2.75) is 69.6 Å². The predicted molar refractivity (Wildman–Crippen MR) is 74.6 cm³/mol. The maximum absolute atomic E-state index is 6.24. The van der Waals surface area contributed by atoms with Crippen LogP contribution in [0.25, 0.3) is 0 Å². The molecule has 0 amide bonds. The van der Waals surface area contributed by atoms with Crippen molar-refractivity contribution in [2.24, 2.45) is 0 Å².